The Balaban J connectivity index is 2.12. The van der Waals surface area contributed by atoms with Crippen molar-refractivity contribution in [2.24, 2.45) is 4.99 Å². The number of nitrogens with one attached hydrogen (secondary N) is 1. The monoisotopic (exact) mass is 443 g/mol. The highest BCUT2D eigenvalue weighted by molar-refractivity contribution is 7.11. The van der Waals surface area contributed by atoms with E-state index in [-0.39, 0.29) is 17.1 Å². The van der Waals surface area contributed by atoms with Gasteiger partial charge in [-0.05, 0) is 24.6 Å². The third-order valence-electron chi connectivity index (χ3n) is 4.34. The number of amidine groups is 1. The predicted molar refractivity (Wildman–Crippen MR) is 101 cm³/mol. The zero-order chi connectivity index (χ0) is 21.9. The summed E-state index contributed by atoms with van der Waals surface area (Å²) in [5, 5.41) is 5.02. The summed E-state index contributed by atoms with van der Waals surface area (Å²) in [4.78, 5) is 21.4. The standard InChI is InChI=1S/C19H17F4N3O3S/c1-18(11-3-5-12(20)6-4-11)14(17(27)28-2)13(9-29-10-19(21,22)23)25-15(26-18)16-24-7-8-30-16/h3-8H,9-10H2,1-2H3,(H,25,26). The molecule has 1 aliphatic heterocycles. The molecule has 6 nitrogen and oxygen atoms in total. The van der Waals surface area contributed by atoms with Crippen LogP contribution in [0.3, 0.4) is 0 Å². The molecule has 11 heteroatoms. The molecule has 2 heterocycles. The summed E-state index contributed by atoms with van der Waals surface area (Å²) in [6, 6.07) is 5.30. The van der Waals surface area contributed by atoms with Crippen molar-refractivity contribution in [3.8, 4) is 0 Å². The summed E-state index contributed by atoms with van der Waals surface area (Å²) < 4.78 is 60.8. The van der Waals surface area contributed by atoms with Gasteiger partial charge in [0.15, 0.2) is 10.8 Å². The fourth-order valence-corrected chi connectivity index (χ4v) is 3.61. The van der Waals surface area contributed by atoms with Crippen LogP contribution in [-0.2, 0) is 19.8 Å². The van der Waals surface area contributed by atoms with E-state index in [1.807, 2.05) is 0 Å². The van der Waals surface area contributed by atoms with Crippen LogP contribution < -0.4 is 5.32 Å². The molecule has 1 N–H and O–H groups in total. The summed E-state index contributed by atoms with van der Waals surface area (Å²) >= 11 is 1.25. The van der Waals surface area contributed by atoms with Crippen molar-refractivity contribution in [2.75, 3.05) is 20.3 Å². The van der Waals surface area contributed by atoms with Gasteiger partial charge in [0, 0.05) is 11.6 Å². The van der Waals surface area contributed by atoms with Gasteiger partial charge in [0.2, 0.25) is 0 Å². The maximum atomic E-state index is 13.5. The Bertz CT molecular complexity index is 972. The quantitative estimate of drug-likeness (QED) is 0.546. The van der Waals surface area contributed by atoms with Crippen LogP contribution in [0.2, 0.25) is 0 Å². The number of thiazole rings is 1. The van der Waals surface area contributed by atoms with Crippen LogP contribution >= 0.6 is 11.3 Å². The lowest BCUT2D eigenvalue weighted by Crippen LogP contribution is -2.43. The van der Waals surface area contributed by atoms with Gasteiger partial charge in [0.25, 0.3) is 0 Å². The first-order valence-corrected chi connectivity index (χ1v) is 9.51. The van der Waals surface area contributed by atoms with Crippen LogP contribution in [0.5, 0.6) is 0 Å². The first-order valence-electron chi connectivity index (χ1n) is 8.63. The maximum Gasteiger partial charge on any atom is 0.411 e. The molecule has 0 radical (unpaired) electrons. The Morgan fingerprint density at radius 1 is 1.27 bits per heavy atom. The van der Waals surface area contributed by atoms with Crippen LogP contribution in [0.4, 0.5) is 17.6 Å². The van der Waals surface area contributed by atoms with E-state index in [0.717, 1.165) is 7.11 Å². The molecule has 0 saturated heterocycles. The highest BCUT2D eigenvalue weighted by Crippen LogP contribution is 2.39. The fourth-order valence-electron chi connectivity index (χ4n) is 3.03. The molecule has 1 aromatic heterocycles. The van der Waals surface area contributed by atoms with E-state index in [1.54, 1.807) is 18.5 Å². The average Bonchev–Trinajstić information content (AvgIpc) is 3.21. The lowest BCUT2D eigenvalue weighted by atomic mass is 9.82. The molecule has 160 valence electrons. The molecule has 1 aromatic carbocycles. The zero-order valence-electron chi connectivity index (χ0n) is 15.9. The normalized spacial score (nSPS) is 19.3. The Labute approximate surface area is 173 Å². The Kier molecular flexibility index (Phi) is 6.22. The highest BCUT2D eigenvalue weighted by Gasteiger charge is 2.42. The number of rotatable bonds is 6. The molecule has 2 aromatic rings. The van der Waals surface area contributed by atoms with E-state index >= 15 is 0 Å². The second kappa shape index (κ2) is 8.52. The van der Waals surface area contributed by atoms with Gasteiger partial charge in [0.1, 0.15) is 18.0 Å². The van der Waals surface area contributed by atoms with Crippen molar-refractivity contribution in [1.29, 1.82) is 0 Å². The Morgan fingerprint density at radius 2 is 1.97 bits per heavy atom. The smallest absolute Gasteiger partial charge is 0.411 e. The molecule has 0 bridgehead atoms. The Hall–Kier alpha value is -2.79. The van der Waals surface area contributed by atoms with Crippen LogP contribution in [0.15, 0.2) is 52.1 Å². The number of methoxy groups -OCH3 is 1. The third kappa shape index (κ3) is 4.68. The minimum Gasteiger partial charge on any atom is -0.466 e. The number of ether oxygens (including phenoxy) is 2. The van der Waals surface area contributed by atoms with E-state index < -0.39 is 36.7 Å². The lowest BCUT2D eigenvalue weighted by molar-refractivity contribution is -0.171. The molecule has 1 aliphatic rings. The number of nitrogens with zero attached hydrogens (tertiary/aromatic N) is 2. The molecule has 0 spiro atoms. The average molecular weight is 443 g/mol. The van der Waals surface area contributed by atoms with Gasteiger partial charge in [-0.1, -0.05) is 12.1 Å². The number of esters is 1. The number of alkyl halides is 3. The van der Waals surface area contributed by atoms with Gasteiger partial charge in [-0.15, -0.1) is 11.3 Å². The predicted octanol–water partition coefficient (Wildman–Crippen LogP) is 3.55. The molecule has 1 unspecified atom stereocenters. The summed E-state index contributed by atoms with van der Waals surface area (Å²) in [5.74, 6) is -1.05. The van der Waals surface area contributed by atoms with E-state index in [9.17, 15) is 22.4 Å². The second-order valence-electron chi connectivity index (χ2n) is 6.45. The first kappa shape index (κ1) is 21.9. The topological polar surface area (TPSA) is 72.8 Å². The van der Waals surface area contributed by atoms with Crippen molar-refractivity contribution in [2.45, 2.75) is 18.6 Å². The van der Waals surface area contributed by atoms with Crippen LogP contribution in [0, 0.1) is 5.82 Å². The fraction of sp³-hybridized carbons (Fsp3) is 0.316. The lowest BCUT2D eigenvalue weighted by Gasteiger charge is -2.34. The van der Waals surface area contributed by atoms with Gasteiger partial charge in [-0.3, -0.25) is 0 Å². The molecule has 0 saturated carbocycles. The SMILES string of the molecule is COC(=O)C1=C(COCC(F)(F)F)NC(c2nccs2)=NC1(C)c1ccc(F)cc1. The molecule has 0 amide bonds. The van der Waals surface area contributed by atoms with Crippen molar-refractivity contribution in [3.63, 3.8) is 0 Å². The van der Waals surface area contributed by atoms with Crippen molar-refractivity contribution in [3.05, 3.63) is 63.5 Å². The molecule has 0 aliphatic carbocycles. The largest absolute Gasteiger partial charge is 0.466 e. The summed E-state index contributed by atoms with van der Waals surface area (Å²) in [6.07, 6.45) is -2.99. The van der Waals surface area contributed by atoms with Crippen LogP contribution in [-0.4, -0.2) is 43.3 Å². The number of hydrogen-bond donors (Lipinski definition) is 1. The molecular formula is C19H17F4N3O3S. The minimum absolute atomic E-state index is 0.0425. The van der Waals surface area contributed by atoms with Gasteiger partial charge in [-0.2, -0.15) is 13.2 Å². The van der Waals surface area contributed by atoms with Crippen molar-refractivity contribution in [1.82, 2.24) is 10.3 Å². The number of benzene rings is 1. The number of halogens is 4. The van der Waals surface area contributed by atoms with Gasteiger partial charge in [0.05, 0.1) is 25.0 Å². The van der Waals surface area contributed by atoms with Crippen LogP contribution in [0.1, 0.15) is 17.5 Å². The van der Waals surface area contributed by atoms with Crippen molar-refractivity contribution >= 4 is 23.1 Å². The number of aliphatic imine (C=N–C) groups is 1. The minimum atomic E-state index is -4.53. The number of hydrogen-bond acceptors (Lipinski definition) is 7. The number of aromatic nitrogens is 1. The van der Waals surface area contributed by atoms with E-state index in [4.69, 9.17) is 9.47 Å². The van der Waals surface area contributed by atoms with E-state index in [2.05, 4.69) is 15.3 Å². The van der Waals surface area contributed by atoms with Gasteiger partial charge in [-0.25, -0.2) is 19.2 Å². The second-order valence-corrected chi connectivity index (χ2v) is 7.35. The molecule has 0 fully saturated rings. The zero-order valence-corrected chi connectivity index (χ0v) is 16.7. The summed E-state index contributed by atoms with van der Waals surface area (Å²) in [5.41, 5.74) is -0.936. The van der Waals surface area contributed by atoms with Gasteiger partial charge >= 0.3 is 12.1 Å². The van der Waals surface area contributed by atoms with E-state index in [1.165, 1.54) is 35.6 Å². The van der Waals surface area contributed by atoms with Crippen LogP contribution in [0.25, 0.3) is 0 Å². The molecule has 1 atom stereocenters. The summed E-state index contributed by atoms with van der Waals surface area (Å²) in [7, 11) is 1.15. The molecule has 30 heavy (non-hydrogen) atoms. The number of carbonyl (C=O) groups is 1. The maximum absolute atomic E-state index is 13.5. The summed E-state index contributed by atoms with van der Waals surface area (Å²) in [6.45, 7) is -0.459. The third-order valence-corrected chi connectivity index (χ3v) is 5.12. The Morgan fingerprint density at radius 3 is 2.53 bits per heavy atom. The first-order chi connectivity index (χ1) is 14.1. The molecular weight excluding hydrogens is 426 g/mol. The van der Waals surface area contributed by atoms with Crippen molar-refractivity contribution < 1.29 is 31.8 Å². The van der Waals surface area contributed by atoms with E-state index in [0.29, 0.717) is 10.6 Å². The molecule has 3 rings (SSSR count). The highest BCUT2D eigenvalue weighted by atomic mass is 32.1. The van der Waals surface area contributed by atoms with Gasteiger partial charge < -0.3 is 14.8 Å². The number of carbonyl (C=O) groups excluding carboxylic acids is 1.